The quantitative estimate of drug-likeness (QED) is 0.511. The number of nitrogens with one attached hydrogen (secondary N) is 2. The molecule has 0 aliphatic carbocycles. The van der Waals surface area contributed by atoms with Crippen LogP contribution in [0.3, 0.4) is 0 Å². The van der Waals surface area contributed by atoms with E-state index in [0.717, 1.165) is 0 Å². The van der Waals surface area contributed by atoms with Gasteiger partial charge in [0, 0.05) is 11.8 Å². The first-order chi connectivity index (χ1) is 13.5. The van der Waals surface area contributed by atoms with E-state index in [-0.39, 0.29) is 18.9 Å². The molecular formula is C20H23N3O5. The first-order valence-electron chi connectivity index (χ1n) is 8.53. The molecule has 0 radical (unpaired) electrons. The van der Waals surface area contributed by atoms with Gasteiger partial charge in [0.05, 0.1) is 26.3 Å². The normalized spacial score (nSPS) is 10.8. The lowest BCUT2D eigenvalue weighted by molar-refractivity contribution is -0.123. The van der Waals surface area contributed by atoms with Crippen molar-refractivity contribution < 1.29 is 23.8 Å². The third-order valence-corrected chi connectivity index (χ3v) is 3.58. The number of hydrazone groups is 1. The maximum Gasteiger partial charge on any atom is 0.277 e. The highest BCUT2D eigenvalue weighted by atomic mass is 16.5. The Morgan fingerprint density at radius 1 is 0.964 bits per heavy atom. The fourth-order valence-electron chi connectivity index (χ4n) is 2.22. The van der Waals surface area contributed by atoms with Crippen LogP contribution in [0, 0.1) is 0 Å². The van der Waals surface area contributed by atoms with E-state index >= 15 is 0 Å². The summed E-state index contributed by atoms with van der Waals surface area (Å²) in [5.74, 6) is 0.979. The van der Waals surface area contributed by atoms with Crippen molar-refractivity contribution in [3.63, 3.8) is 0 Å². The smallest absolute Gasteiger partial charge is 0.277 e. The van der Waals surface area contributed by atoms with Crippen LogP contribution in [-0.4, -0.2) is 38.4 Å². The topological polar surface area (TPSA) is 98.2 Å². The second-order valence-electron chi connectivity index (χ2n) is 5.77. The van der Waals surface area contributed by atoms with Gasteiger partial charge >= 0.3 is 0 Å². The third kappa shape index (κ3) is 6.64. The van der Waals surface area contributed by atoms with Gasteiger partial charge in [0.2, 0.25) is 5.91 Å². The number of para-hydroxylation sites is 1. The number of hydrogen-bond acceptors (Lipinski definition) is 6. The van der Waals surface area contributed by atoms with E-state index in [4.69, 9.17) is 14.2 Å². The molecule has 8 heteroatoms. The SMILES string of the molecule is COc1ccc(NC(=O)C/C(C)=N\NC(=O)COc2ccccc2)c(OC)c1. The number of ether oxygens (including phenoxy) is 3. The summed E-state index contributed by atoms with van der Waals surface area (Å²) in [6.45, 7) is 1.47. The number of hydrogen-bond donors (Lipinski definition) is 2. The van der Waals surface area contributed by atoms with E-state index in [9.17, 15) is 9.59 Å². The largest absolute Gasteiger partial charge is 0.497 e. The molecular weight excluding hydrogens is 362 g/mol. The number of methoxy groups -OCH3 is 2. The van der Waals surface area contributed by atoms with Crippen LogP contribution in [0.5, 0.6) is 17.2 Å². The van der Waals surface area contributed by atoms with Crippen LogP contribution in [-0.2, 0) is 9.59 Å². The van der Waals surface area contributed by atoms with Gasteiger partial charge in [-0.15, -0.1) is 0 Å². The Labute approximate surface area is 163 Å². The zero-order valence-electron chi connectivity index (χ0n) is 16.0. The molecule has 2 amide bonds. The number of rotatable bonds is 9. The summed E-state index contributed by atoms with van der Waals surface area (Å²) in [6.07, 6.45) is 0.00893. The van der Waals surface area contributed by atoms with E-state index in [2.05, 4.69) is 15.8 Å². The molecule has 148 valence electrons. The van der Waals surface area contributed by atoms with E-state index in [0.29, 0.717) is 28.6 Å². The van der Waals surface area contributed by atoms with E-state index < -0.39 is 5.91 Å². The minimum atomic E-state index is -0.416. The van der Waals surface area contributed by atoms with E-state index in [1.807, 2.05) is 18.2 Å². The van der Waals surface area contributed by atoms with Gasteiger partial charge in [0.25, 0.3) is 5.91 Å². The summed E-state index contributed by atoms with van der Waals surface area (Å²) < 4.78 is 15.7. The molecule has 2 rings (SSSR count). The Balaban J connectivity index is 1.82. The lowest BCUT2D eigenvalue weighted by Crippen LogP contribution is -2.26. The van der Waals surface area contributed by atoms with Gasteiger partial charge in [-0.1, -0.05) is 18.2 Å². The van der Waals surface area contributed by atoms with Crippen LogP contribution >= 0.6 is 0 Å². The van der Waals surface area contributed by atoms with Gasteiger partial charge in [-0.2, -0.15) is 5.10 Å². The van der Waals surface area contributed by atoms with Crippen LogP contribution in [0.15, 0.2) is 53.6 Å². The van der Waals surface area contributed by atoms with Crippen molar-refractivity contribution in [2.45, 2.75) is 13.3 Å². The highest BCUT2D eigenvalue weighted by Gasteiger charge is 2.10. The average molecular weight is 385 g/mol. The number of carbonyl (C=O) groups is 2. The van der Waals surface area contributed by atoms with Crippen molar-refractivity contribution in [3.8, 4) is 17.2 Å². The molecule has 0 heterocycles. The lowest BCUT2D eigenvalue weighted by atomic mass is 10.2. The zero-order valence-corrected chi connectivity index (χ0v) is 16.0. The monoisotopic (exact) mass is 385 g/mol. The van der Waals surface area contributed by atoms with Gasteiger partial charge in [0.15, 0.2) is 6.61 Å². The molecule has 0 spiro atoms. The fraction of sp³-hybridized carbons (Fsp3) is 0.250. The molecule has 8 nitrogen and oxygen atoms in total. The summed E-state index contributed by atoms with van der Waals surface area (Å²) in [5.41, 5.74) is 3.32. The molecule has 0 bridgehead atoms. The molecule has 2 aromatic carbocycles. The van der Waals surface area contributed by atoms with Crippen LogP contribution in [0.2, 0.25) is 0 Å². The standard InChI is InChI=1S/C20H23N3O5/c1-14(22-23-20(25)13-28-15-7-5-4-6-8-15)11-19(24)21-17-10-9-16(26-2)12-18(17)27-3/h4-10,12H,11,13H2,1-3H3,(H,21,24)(H,23,25)/b22-14-. The van der Waals surface area contributed by atoms with Crippen molar-refractivity contribution in [3.05, 3.63) is 48.5 Å². The van der Waals surface area contributed by atoms with Crippen LogP contribution in [0.4, 0.5) is 5.69 Å². The van der Waals surface area contributed by atoms with Crippen molar-refractivity contribution >= 4 is 23.2 Å². The predicted octanol–water partition coefficient (Wildman–Crippen LogP) is 2.60. The first-order valence-corrected chi connectivity index (χ1v) is 8.53. The lowest BCUT2D eigenvalue weighted by Gasteiger charge is -2.11. The van der Waals surface area contributed by atoms with Crippen molar-refractivity contribution in [1.29, 1.82) is 0 Å². The molecule has 0 fully saturated rings. The Morgan fingerprint density at radius 3 is 2.39 bits per heavy atom. The minimum absolute atomic E-state index is 0.00893. The number of nitrogens with zero attached hydrogens (tertiary/aromatic N) is 1. The fourth-order valence-corrected chi connectivity index (χ4v) is 2.22. The number of benzene rings is 2. The number of amides is 2. The molecule has 0 aromatic heterocycles. The van der Waals surface area contributed by atoms with Gasteiger partial charge < -0.3 is 19.5 Å². The predicted molar refractivity (Wildman–Crippen MR) is 106 cm³/mol. The Bertz CT molecular complexity index is 837. The molecule has 0 aliphatic rings. The molecule has 0 atom stereocenters. The summed E-state index contributed by atoms with van der Waals surface area (Å²) in [7, 11) is 3.05. The molecule has 0 saturated carbocycles. The summed E-state index contributed by atoms with van der Waals surface area (Å²) in [4.78, 5) is 24.0. The van der Waals surface area contributed by atoms with Crippen molar-refractivity contribution in [1.82, 2.24) is 5.43 Å². The van der Waals surface area contributed by atoms with Crippen LogP contribution in [0.25, 0.3) is 0 Å². The zero-order chi connectivity index (χ0) is 20.4. The maximum absolute atomic E-state index is 12.2. The number of carbonyl (C=O) groups excluding carboxylic acids is 2. The Hall–Kier alpha value is -3.55. The van der Waals surface area contributed by atoms with Gasteiger partial charge in [-0.3, -0.25) is 9.59 Å². The molecule has 2 N–H and O–H groups in total. The van der Waals surface area contributed by atoms with E-state index in [1.165, 1.54) is 7.11 Å². The second kappa shape index (κ2) is 10.6. The molecule has 0 aliphatic heterocycles. The molecule has 0 saturated heterocycles. The van der Waals surface area contributed by atoms with Gasteiger partial charge in [-0.05, 0) is 31.2 Å². The molecule has 2 aromatic rings. The summed E-state index contributed by atoms with van der Waals surface area (Å²) in [6, 6.07) is 14.0. The second-order valence-corrected chi connectivity index (χ2v) is 5.77. The molecule has 0 unspecified atom stereocenters. The average Bonchev–Trinajstić information content (AvgIpc) is 2.71. The van der Waals surface area contributed by atoms with Gasteiger partial charge in [0.1, 0.15) is 17.2 Å². The highest BCUT2D eigenvalue weighted by molar-refractivity contribution is 6.06. The van der Waals surface area contributed by atoms with Crippen molar-refractivity contribution in [2.24, 2.45) is 5.10 Å². The minimum Gasteiger partial charge on any atom is -0.497 e. The summed E-state index contributed by atoms with van der Waals surface area (Å²) in [5, 5.41) is 6.65. The van der Waals surface area contributed by atoms with Crippen LogP contribution < -0.4 is 25.0 Å². The Kier molecular flexibility index (Phi) is 7.83. The maximum atomic E-state index is 12.2. The highest BCUT2D eigenvalue weighted by Crippen LogP contribution is 2.29. The van der Waals surface area contributed by atoms with Crippen molar-refractivity contribution in [2.75, 3.05) is 26.1 Å². The van der Waals surface area contributed by atoms with Gasteiger partial charge in [-0.25, -0.2) is 5.43 Å². The Morgan fingerprint density at radius 2 is 1.71 bits per heavy atom. The summed E-state index contributed by atoms with van der Waals surface area (Å²) >= 11 is 0. The number of anilines is 1. The molecule has 28 heavy (non-hydrogen) atoms. The third-order valence-electron chi connectivity index (χ3n) is 3.58. The van der Waals surface area contributed by atoms with Crippen LogP contribution in [0.1, 0.15) is 13.3 Å². The van der Waals surface area contributed by atoms with E-state index in [1.54, 1.807) is 44.4 Å². The first kappa shape index (κ1) is 20.8.